The number of carbonyl (C=O) groups excluding carboxylic acids is 1. The summed E-state index contributed by atoms with van der Waals surface area (Å²) in [5.41, 5.74) is 3.66. The summed E-state index contributed by atoms with van der Waals surface area (Å²) in [6, 6.07) is 9.44. The molecule has 0 saturated carbocycles. The van der Waals surface area contributed by atoms with E-state index in [0.717, 1.165) is 22.4 Å². The van der Waals surface area contributed by atoms with Crippen LogP contribution in [-0.4, -0.2) is 19.6 Å². The van der Waals surface area contributed by atoms with Crippen LogP contribution in [-0.2, 0) is 4.79 Å². The highest BCUT2D eigenvalue weighted by molar-refractivity contribution is 6.32. The Labute approximate surface area is 153 Å². The molecule has 5 heteroatoms. The quantitative estimate of drug-likeness (QED) is 0.737. The molecule has 25 heavy (non-hydrogen) atoms. The van der Waals surface area contributed by atoms with Gasteiger partial charge in [-0.25, -0.2) is 0 Å². The molecule has 0 radical (unpaired) electrons. The molecule has 4 nitrogen and oxygen atoms in total. The third-order valence-electron chi connectivity index (χ3n) is 3.62. The van der Waals surface area contributed by atoms with Gasteiger partial charge in [-0.3, -0.25) is 4.79 Å². The summed E-state index contributed by atoms with van der Waals surface area (Å²) in [5, 5.41) is 3.32. The summed E-state index contributed by atoms with van der Waals surface area (Å²) in [5.74, 6) is 0.824. The summed E-state index contributed by atoms with van der Waals surface area (Å²) in [6.45, 7) is 6.31. The second kappa shape index (κ2) is 8.58. The van der Waals surface area contributed by atoms with Crippen LogP contribution in [0.5, 0.6) is 11.5 Å². The van der Waals surface area contributed by atoms with Crippen LogP contribution < -0.4 is 14.8 Å². The summed E-state index contributed by atoms with van der Waals surface area (Å²) >= 11 is 6.24. The minimum atomic E-state index is -0.210. The molecule has 0 aromatic heterocycles. The topological polar surface area (TPSA) is 47.6 Å². The number of methoxy groups -OCH3 is 1. The molecule has 132 valence electrons. The monoisotopic (exact) mass is 359 g/mol. The third-order valence-corrected chi connectivity index (χ3v) is 3.90. The van der Waals surface area contributed by atoms with Crippen molar-refractivity contribution in [1.29, 1.82) is 0 Å². The molecule has 0 saturated heterocycles. The van der Waals surface area contributed by atoms with E-state index in [2.05, 4.69) is 5.32 Å². The molecule has 0 aliphatic carbocycles. The van der Waals surface area contributed by atoms with E-state index in [1.807, 2.05) is 39.0 Å². The van der Waals surface area contributed by atoms with E-state index in [1.54, 1.807) is 25.3 Å². The zero-order valence-corrected chi connectivity index (χ0v) is 15.6. The fourth-order valence-corrected chi connectivity index (χ4v) is 2.61. The molecule has 0 bridgehead atoms. The molecule has 0 heterocycles. The normalized spacial score (nSPS) is 10.8. The molecule has 0 spiro atoms. The first-order valence-electron chi connectivity index (χ1n) is 8.01. The Morgan fingerprint density at radius 1 is 1.24 bits per heavy atom. The highest BCUT2D eigenvalue weighted by Gasteiger charge is 2.11. The smallest absolute Gasteiger partial charge is 0.248 e. The van der Waals surface area contributed by atoms with Crippen molar-refractivity contribution in [1.82, 2.24) is 0 Å². The van der Waals surface area contributed by atoms with Gasteiger partial charge < -0.3 is 14.8 Å². The van der Waals surface area contributed by atoms with Crippen LogP contribution in [0.2, 0.25) is 5.02 Å². The van der Waals surface area contributed by atoms with E-state index >= 15 is 0 Å². The fourth-order valence-electron chi connectivity index (χ4n) is 2.34. The van der Waals surface area contributed by atoms with Crippen LogP contribution in [0.4, 0.5) is 5.69 Å². The Kier molecular flexibility index (Phi) is 6.48. The molecule has 1 N–H and O–H groups in total. The third kappa shape index (κ3) is 5.00. The van der Waals surface area contributed by atoms with Crippen molar-refractivity contribution < 1.29 is 14.3 Å². The molecule has 1 amide bonds. The Bertz CT molecular complexity index is 800. The number of rotatable bonds is 6. The lowest BCUT2D eigenvalue weighted by Gasteiger charge is -2.12. The summed E-state index contributed by atoms with van der Waals surface area (Å²) < 4.78 is 10.8. The molecule has 2 aromatic rings. The molecule has 0 atom stereocenters. The summed E-state index contributed by atoms with van der Waals surface area (Å²) in [4.78, 5) is 12.2. The van der Waals surface area contributed by atoms with Gasteiger partial charge in [-0.1, -0.05) is 23.7 Å². The fraction of sp³-hybridized carbons (Fsp3) is 0.250. The molecule has 0 aliphatic rings. The lowest BCUT2D eigenvalue weighted by Crippen LogP contribution is -2.09. The van der Waals surface area contributed by atoms with E-state index in [1.165, 1.54) is 6.08 Å². The van der Waals surface area contributed by atoms with Gasteiger partial charge in [0.2, 0.25) is 5.91 Å². The summed E-state index contributed by atoms with van der Waals surface area (Å²) in [6.07, 6.45) is 3.15. The molecule has 2 aromatic carbocycles. The number of amides is 1. The van der Waals surface area contributed by atoms with Gasteiger partial charge >= 0.3 is 0 Å². The van der Waals surface area contributed by atoms with E-state index in [-0.39, 0.29) is 5.91 Å². The maximum absolute atomic E-state index is 12.2. The predicted octanol–water partition coefficient (Wildman–Crippen LogP) is 5.02. The highest BCUT2D eigenvalue weighted by atomic mass is 35.5. The molecular formula is C20H22ClNO3. The number of halogens is 1. The van der Waals surface area contributed by atoms with Crippen molar-refractivity contribution in [3.05, 3.63) is 58.1 Å². The van der Waals surface area contributed by atoms with E-state index in [9.17, 15) is 4.79 Å². The minimum absolute atomic E-state index is 0.210. The van der Waals surface area contributed by atoms with Crippen LogP contribution in [0.25, 0.3) is 6.08 Å². The van der Waals surface area contributed by atoms with Crippen molar-refractivity contribution >= 4 is 29.3 Å². The largest absolute Gasteiger partial charge is 0.493 e. The van der Waals surface area contributed by atoms with Crippen LogP contribution in [0.3, 0.4) is 0 Å². The van der Waals surface area contributed by atoms with E-state index in [4.69, 9.17) is 21.1 Å². The van der Waals surface area contributed by atoms with Crippen molar-refractivity contribution in [2.75, 3.05) is 19.0 Å². The lowest BCUT2D eigenvalue weighted by atomic mass is 10.1. The Balaban J connectivity index is 2.16. The van der Waals surface area contributed by atoms with Gasteiger partial charge in [0.1, 0.15) is 0 Å². The molecule has 2 rings (SSSR count). The Morgan fingerprint density at radius 3 is 2.68 bits per heavy atom. The second-order valence-corrected chi connectivity index (χ2v) is 6.02. The average Bonchev–Trinajstić information content (AvgIpc) is 2.58. The number of aryl methyl sites for hydroxylation is 2. The van der Waals surface area contributed by atoms with Crippen molar-refractivity contribution in [3.8, 4) is 11.5 Å². The Morgan fingerprint density at radius 2 is 2.00 bits per heavy atom. The number of hydrogen-bond acceptors (Lipinski definition) is 3. The van der Waals surface area contributed by atoms with Crippen molar-refractivity contribution in [2.24, 2.45) is 0 Å². The second-order valence-electron chi connectivity index (χ2n) is 5.61. The molecule has 0 aliphatic heterocycles. The van der Waals surface area contributed by atoms with Gasteiger partial charge in [0.25, 0.3) is 0 Å². The first-order chi connectivity index (χ1) is 11.9. The zero-order valence-electron chi connectivity index (χ0n) is 14.9. The lowest BCUT2D eigenvalue weighted by molar-refractivity contribution is -0.111. The average molecular weight is 360 g/mol. The number of hydrogen-bond donors (Lipinski definition) is 1. The maximum Gasteiger partial charge on any atom is 0.248 e. The van der Waals surface area contributed by atoms with Gasteiger partial charge in [0.15, 0.2) is 11.5 Å². The number of nitrogens with one attached hydrogen (secondary N) is 1. The van der Waals surface area contributed by atoms with Crippen LogP contribution in [0.1, 0.15) is 23.6 Å². The van der Waals surface area contributed by atoms with E-state index < -0.39 is 0 Å². The number of benzene rings is 2. The maximum atomic E-state index is 12.2. The van der Waals surface area contributed by atoms with E-state index in [0.29, 0.717) is 23.1 Å². The number of ether oxygens (including phenoxy) is 2. The number of anilines is 1. The predicted molar refractivity (Wildman–Crippen MR) is 103 cm³/mol. The van der Waals surface area contributed by atoms with Gasteiger partial charge in [-0.15, -0.1) is 0 Å². The van der Waals surface area contributed by atoms with Gasteiger partial charge in [0, 0.05) is 11.8 Å². The zero-order chi connectivity index (χ0) is 18.4. The van der Waals surface area contributed by atoms with Crippen LogP contribution >= 0.6 is 11.6 Å². The first kappa shape index (κ1) is 18.9. The van der Waals surface area contributed by atoms with Gasteiger partial charge in [-0.05, 0) is 61.7 Å². The SMILES string of the molecule is CCOc1c(Cl)cc(/C=C/C(=O)Nc2cc(C)ccc2C)cc1OC. The minimum Gasteiger partial charge on any atom is -0.493 e. The van der Waals surface area contributed by atoms with Crippen molar-refractivity contribution in [2.45, 2.75) is 20.8 Å². The van der Waals surface area contributed by atoms with Crippen molar-refractivity contribution in [3.63, 3.8) is 0 Å². The highest BCUT2D eigenvalue weighted by Crippen LogP contribution is 2.36. The van der Waals surface area contributed by atoms with Crippen LogP contribution in [0, 0.1) is 13.8 Å². The molecular weight excluding hydrogens is 338 g/mol. The summed E-state index contributed by atoms with van der Waals surface area (Å²) in [7, 11) is 1.55. The molecule has 0 fully saturated rings. The standard InChI is InChI=1S/C20H22ClNO3/c1-5-25-20-16(21)11-15(12-18(20)24-4)8-9-19(23)22-17-10-13(2)6-7-14(17)3/h6-12H,5H2,1-4H3,(H,22,23)/b9-8+. The Hall–Kier alpha value is -2.46. The molecule has 0 unspecified atom stereocenters. The van der Waals surface area contributed by atoms with Gasteiger partial charge in [0.05, 0.1) is 18.7 Å². The van der Waals surface area contributed by atoms with Crippen LogP contribution in [0.15, 0.2) is 36.4 Å². The number of carbonyl (C=O) groups is 1. The first-order valence-corrected chi connectivity index (χ1v) is 8.39. The van der Waals surface area contributed by atoms with Gasteiger partial charge in [-0.2, -0.15) is 0 Å².